The predicted octanol–water partition coefficient (Wildman–Crippen LogP) is 6.05. The Labute approximate surface area is 236 Å². The number of nitrogens with zero attached hydrogens (tertiary/aromatic N) is 1. The largest absolute Gasteiger partial charge is 0.486 e. The van der Waals surface area contributed by atoms with Gasteiger partial charge in [-0.05, 0) is 66.6 Å². The summed E-state index contributed by atoms with van der Waals surface area (Å²) in [7, 11) is 0. The smallest absolute Gasteiger partial charge is 0.294 e. The van der Waals surface area contributed by atoms with Crippen LogP contribution in [0.5, 0.6) is 17.2 Å². The highest BCUT2D eigenvalue weighted by atomic mass is 19.1. The number of benzene rings is 4. The Morgan fingerprint density at radius 2 is 1.66 bits per heavy atom. The monoisotopic (exact) mass is 550 g/mol. The quantitative estimate of drug-likeness (QED) is 0.296. The molecule has 206 valence electrons. The third kappa shape index (κ3) is 5.49. The summed E-state index contributed by atoms with van der Waals surface area (Å²) in [5, 5.41) is 3.00. The van der Waals surface area contributed by atoms with Crippen molar-refractivity contribution in [1.29, 1.82) is 0 Å². The molecule has 4 aromatic rings. The Morgan fingerprint density at radius 3 is 2.46 bits per heavy atom. The number of hydrogen-bond acceptors (Lipinski definition) is 5. The van der Waals surface area contributed by atoms with E-state index in [4.69, 9.17) is 14.2 Å². The Bertz CT molecular complexity index is 1650. The zero-order valence-electron chi connectivity index (χ0n) is 22.3. The molecule has 0 unspecified atom stereocenters. The van der Waals surface area contributed by atoms with Gasteiger partial charge in [-0.15, -0.1) is 0 Å². The number of amides is 2. The van der Waals surface area contributed by atoms with Crippen LogP contribution in [0.2, 0.25) is 0 Å². The molecule has 1 N–H and O–H groups in total. The number of carbonyl (C=O) groups is 2. The topological polar surface area (TPSA) is 77.1 Å². The van der Waals surface area contributed by atoms with E-state index >= 15 is 0 Å². The van der Waals surface area contributed by atoms with Crippen molar-refractivity contribution in [3.63, 3.8) is 0 Å². The normalized spacial score (nSPS) is 15.6. The lowest BCUT2D eigenvalue weighted by Crippen LogP contribution is -2.37. The predicted molar refractivity (Wildman–Crippen MR) is 152 cm³/mol. The van der Waals surface area contributed by atoms with Crippen LogP contribution >= 0.6 is 0 Å². The van der Waals surface area contributed by atoms with Crippen LogP contribution in [0.15, 0.2) is 96.8 Å². The van der Waals surface area contributed by atoms with E-state index in [0.29, 0.717) is 52.8 Å². The minimum absolute atomic E-state index is 0.0594. The van der Waals surface area contributed by atoms with Crippen LogP contribution in [0.25, 0.3) is 6.08 Å². The molecule has 0 bridgehead atoms. The van der Waals surface area contributed by atoms with E-state index < -0.39 is 0 Å². The molecule has 0 aromatic heterocycles. The van der Waals surface area contributed by atoms with Crippen LogP contribution in [0.1, 0.15) is 40.0 Å². The summed E-state index contributed by atoms with van der Waals surface area (Å²) in [4.78, 5) is 27.9. The van der Waals surface area contributed by atoms with Gasteiger partial charge in [0.05, 0.1) is 18.3 Å². The molecule has 2 aliphatic heterocycles. The second kappa shape index (κ2) is 11.2. The first-order chi connectivity index (χ1) is 20.0. The Morgan fingerprint density at radius 1 is 0.927 bits per heavy atom. The van der Waals surface area contributed by atoms with Crippen LogP contribution in [0.3, 0.4) is 0 Å². The molecule has 8 heteroatoms. The molecule has 0 aliphatic carbocycles. The maximum atomic E-state index is 14.4. The molecule has 2 amide bonds. The first kappa shape index (κ1) is 26.1. The Hall–Kier alpha value is -5.11. The lowest BCUT2D eigenvalue weighted by atomic mass is 10.1. The van der Waals surface area contributed by atoms with Gasteiger partial charge in [0.2, 0.25) is 0 Å². The SMILES string of the molecule is C[C@@H](NC(=O)c1ccc(/C=C2/Oc3ccccc3N(Cc3ccccc3F)C2=O)cc1)c1ccc2c(c1)OCCO2. The molecular formula is C33H27FN2O5. The van der Waals surface area contributed by atoms with Gasteiger partial charge in [-0.3, -0.25) is 14.5 Å². The zero-order chi connectivity index (χ0) is 28.3. The summed E-state index contributed by atoms with van der Waals surface area (Å²) < 4.78 is 31.6. The van der Waals surface area contributed by atoms with E-state index in [0.717, 1.165) is 5.56 Å². The molecule has 0 fully saturated rings. The molecule has 7 nitrogen and oxygen atoms in total. The summed E-state index contributed by atoms with van der Waals surface area (Å²) in [5.41, 5.74) is 3.01. The van der Waals surface area contributed by atoms with Gasteiger partial charge in [0.15, 0.2) is 23.0 Å². The lowest BCUT2D eigenvalue weighted by molar-refractivity contribution is -0.117. The molecule has 0 spiro atoms. The van der Waals surface area contributed by atoms with Crippen LogP contribution in [-0.2, 0) is 11.3 Å². The fourth-order valence-corrected chi connectivity index (χ4v) is 4.79. The van der Waals surface area contributed by atoms with E-state index in [1.807, 2.05) is 31.2 Å². The summed E-state index contributed by atoms with van der Waals surface area (Å²) in [5.74, 6) is 0.961. The fourth-order valence-electron chi connectivity index (χ4n) is 4.79. The molecule has 1 atom stereocenters. The van der Waals surface area contributed by atoms with Crippen molar-refractivity contribution < 1.29 is 28.2 Å². The van der Waals surface area contributed by atoms with Gasteiger partial charge < -0.3 is 19.5 Å². The summed E-state index contributed by atoms with van der Waals surface area (Å²) in [6, 6.07) is 25.8. The van der Waals surface area contributed by atoms with Gasteiger partial charge in [0.1, 0.15) is 19.0 Å². The number of fused-ring (bicyclic) bond motifs is 2. The molecule has 4 aromatic carbocycles. The first-order valence-electron chi connectivity index (χ1n) is 13.3. The summed E-state index contributed by atoms with van der Waals surface area (Å²) >= 11 is 0. The molecule has 0 saturated heterocycles. The molecular weight excluding hydrogens is 523 g/mol. The minimum atomic E-state index is -0.387. The third-order valence-electron chi connectivity index (χ3n) is 7.00. The maximum absolute atomic E-state index is 14.4. The molecule has 0 saturated carbocycles. The van der Waals surface area contributed by atoms with Gasteiger partial charge >= 0.3 is 0 Å². The van der Waals surface area contributed by atoms with Gasteiger partial charge in [0.25, 0.3) is 11.8 Å². The number of halogens is 1. The highest BCUT2D eigenvalue weighted by Gasteiger charge is 2.30. The highest BCUT2D eigenvalue weighted by molar-refractivity contribution is 6.09. The van der Waals surface area contributed by atoms with Crippen molar-refractivity contribution in [1.82, 2.24) is 5.32 Å². The first-order valence-corrected chi connectivity index (χ1v) is 13.3. The maximum Gasteiger partial charge on any atom is 0.294 e. The lowest BCUT2D eigenvalue weighted by Gasteiger charge is -2.30. The van der Waals surface area contributed by atoms with Crippen LogP contribution in [0, 0.1) is 5.82 Å². The molecule has 6 rings (SSSR count). The van der Waals surface area contributed by atoms with E-state index in [-0.39, 0.29) is 36.0 Å². The standard InChI is InChI=1S/C33H27FN2O5/c1-21(24-14-15-29-30(19-24)40-17-16-39-29)35-32(37)23-12-10-22(11-13-23)18-31-33(38)36(20-25-6-2-3-7-26(25)34)27-8-4-5-9-28(27)41-31/h2-15,18-19,21H,16-17,20H2,1H3,(H,35,37)/b31-18+/t21-/m1/s1. The van der Waals surface area contributed by atoms with E-state index in [9.17, 15) is 14.0 Å². The van der Waals surface area contributed by atoms with Crippen molar-refractivity contribution in [2.24, 2.45) is 0 Å². The Balaban J connectivity index is 1.18. The second-order valence-corrected chi connectivity index (χ2v) is 9.78. The van der Waals surface area contributed by atoms with Crippen molar-refractivity contribution in [2.45, 2.75) is 19.5 Å². The number of ether oxygens (including phenoxy) is 3. The average Bonchev–Trinajstić information content (AvgIpc) is 3.00. The van der Waals surface area contributed by atoms with E-state index in [1.165, 1.54) is 11.0 Å². The van der Waals surface area contributed by atoms with Crippen LogP contribution < -0.4 is 24.4 Å². The molecule has 0 radical (unpaired) electrons. The Kier molecular flexibility index (Phi) is 7.12. The molecule has 2 aliphatic rings. The number of rotatable bonds is 6. The van der Waals surface area contributed by atoms with Gasteiger partial charge in [-0.1, -0.05) is 48.5 Å². The molecule has 2 heterocycles. The van der Waals surface area contributed by atoms with Crippen molar-refractivity contribution in [3.05, 3.63) is 125 Å². The van der Waals surface area contributed by atoms with Crippen LogP contribution in [-0.4, -0.2) is 25.0 Å². The third-order valence-corrected chi connectivity index (χ3v) is 7.00. The van der Waals surface area contributed by atoms with Gasteiger partial charge in [0, 0.05) is 11.1 Å². The van der Waals surface area contributed by atoms with E-state index in [1.54, 1.807) is 66.7 Å². The van der Waals surface area contributed by atoms with Gasteiger partial charge in [-0.25, -0.2) is 4.39 Å². The molecule has 41 heavy (non-hydrogen) atoms. The average molecular weight is 551 g/mol. The second-order valence-electron chi connectivity index (χ2n) is 9.78. The number of carbonyl (C=O) groups excluding carboxylic acids is 2. The van der Waals surface area contributed by atoms with Crippen LogP contribution in [0.4, 0.5) is 10.1 Å². The minimum Gasteiger partial charge on any atom is -0.486 e. The van der Waals surface area contributed by atoms with Gasteiger partial charge in [-0.2, -0.15) is 0 Å². The summed E-state index contributed by atoms with van der Waals surface area (Å²) in [6.45, 7) is 2.97. The van der Waals surface area contributed by atoms with Crippen molar-refractivity contribution in [3.8, 4) is 17.2 Å². The number of anilines is 1. The highest BCUT2D eigenvalue weighted by Crippen LogP contribution is 2.37. The van der Waals surface area contributed by atoms with E-state index in [2.05, 4.69) is 5.32 Å². The fraction of sp³-hybridized carbons (Fsp3) is 0.152. The summed E-state index contributed by atoms with van der Waals surface area (Å²) in [6.07, 6.45) is 1.62. The van der Waals surface area contributed by atoms with Crippen molar-refractivity contribution >= 4 is 23.6 Å². The zero-order valence-corrected chi connectivity index (χ0v) is 22.3. The number of hydrogen-bond donors (Lipinski definition) is 1. The number of para-hydroxylation sites is 2. The number of nitrogens with one attached hydrogen (secondary N) is 1. The van der Waals surface area contributed by atoms with Crippen molar-refractivity contribution in [2.75, 3.05) is 18.1 Å².